The summed E-state index contributed by atoms with van der Waals surface area (Å²) in [4.78, 5) is 0. The van der Waals surface area contributed by atoms with Crippen LogP contribution in [0.15, 0.2) is 22.7 Å². The van der Waals surface area contributed by atoms with E-state index in [4.69, 9.17) is 22.1 Å². The third-order valence-electron chi connectivity index (χ3n) is 2.72. The number of benzene rings is 1. The molecular formula is C12H13BrClN3O. The monoisotopic (exact) mass is 329 g/mol. The zero-order valence-electron chi connectivity index (χ0n) is 10.1. The Hall–Kier alpha value is -1.04. The Kier molecular flexibility index (Phi) is 3.94. The van der Waals surface area contributed by atoms with Gasteiger partial charge in [-0.25, -0.2) is 0 Å². The molecule has 0 saturated carbocycles. The Morgan fingerprint density at radius 2 is 2.22 bits per heavy atom. The molecule has 18 heavy (non-hydrogen) atoms. The summed E-state index contributed by atoms with van der Waals surface area (Å²) in [6.07, 6.45) is 0. The van der Waals surface area contributed by atoms with Gasteiger partial charge in [0, 0.05) is 19.2 Å². The maximum absolute atomic E-state index is 6.11. The lowest BCUT2D eigenvalue weighted by Gasteiger charge is -2.04. The molecular weight excluding hydrogens is 318 g/mol. The van der Waals surface area contributed by atoms with Gasteiger partial charge in [-0.05, 0) is 34.1 Å². The maximum Gasteiger partial charge on any atom is 0.137 e. The topological polar surface area (TPSA) is 53.1 Å². The predicted octanol–water partition coefficient (Wildman–Crippen LogP) is 2.97. The molecule has 2 N–H and O–H groups in total. The fourth-order valence-electron chi connectivity index (χ4n) is 1.75. The summed E-state index contributed by atoms with van der Waals surface area (Å²) in [7, 11) is 3.45. The number of hydrogen-bond donors (Lipinski definition) is 1. The average molecular weight is 331 g/mol. The first-order chi connectivity index (χ1) is 8.58. The van der Waals surface area contributed by atoms with Crippen LogP contribution in [0.25, 0.3) is 11.3 Å². The number of methoxy groups -OCH3 is 1. The molecule has 2 aromatic rings. The summed E-state index contributed by atoms with van der Waals surface area (Å²) in [5.41, 5.74) is 8.36. The lowest BCUT2D eigenvalue weighted by atomic mass is 10.1. The Morgan fingerprint density at radius 1 is 1.50 bits per heavy atom. The highest BCUT2D eigenvalue weighted by Crippen LogP contribution is 2.34. The molecule has 0 fully saturated rings. The van der Waals surface area contributed by atoms with Crippen LogP contribution in [0.5, 0.6) is 5.75 Å². The van der Waals surface area contributed by atoms with Crippen LogP contribution in [-0.2, 0) is 13.6 Å². The third kappa shape index (κ3) is 2.25. The number of ether oxygens (including phenoxy) is 1. The van der Waals surface area contributed by atoms with Crippen LogP contribution in [0.4, 0.5) is 0 Å². The number of rotatable bonds is 3. The summed E-state index contributed by atoms with van der Waals surface area (Å²) < 4.78 is 7.79. The molecule has 1 heterocycles. The quantitative estimate of drug-likeness (QED) is 0.941. The number of aryl methyl sites for hydroxylation is 1. The Balaban J connectivity index is 2.52. The first-order valence-electron chi connectivity index (χ1n) is 5.33. The van der Waals surface area contributed by atoms with Gasteiger partial charge in [0.1, 0.15) is 11.4 Å². The highest BCUT2D eigenvalue weighted by molar-refractivity contribution is 9.10. The largest absolute Gasteiger partial charge is 0.495 e. The lowest BCUT2D eigenvalue weighted by molar-refractivity contribution is 0.415. The van der Waals surface area contributed by atoms with E-state index >= 15 is 0 Å². The number of halogens is 2. The first kappa shape index (κ1) is 13.4. The fraction of sp³-hybridized carbons (Fsp3) is 0.250. The maximum atomic E-state index is 6.11. The van der Waals surface area contributed by atoms with Crippen molar-refractivity contribution in [3.05, 3.63) is 33.4 Å². The molecule has 0 aliphatic carbocycles. The predicted molar refractivity (Wildman–Crippen MR) is 75.8 cm³/mol. The normalized spacial score (nSPS) is 10.7. The van der Waals surface area contributed by atoms with E-state index in [1.807, 2.05) is 25.2 Å². The van der Waals surface area contributed by atoms with Crippen molar-refractivity contribution in [1.29, 1.82) is 0 Å². The van der Waals surface area contributed by atoms with Crippen LogP contribution in [0, 0.1) is 0 Å². The molecule has 0 amide bonds. The van der Waals surface area contributed by atoms with Crippen molar-refractivity contribution >= 4 is 27.5 Å². The second-order valence-corrected chi connectivity index (χ2v) is 4.99. The SMILES string of the molecule is COc1ccc(-c2nn(C)c(CN)c2Br)cc1Cl. The molecule has 0 unspecified atom stereocenters. The first-order valence-corrected chi connectivity index (χ1v) is 6.51. The molecule has 1 aromatic heterocycles. The smallest absolute Gasteiger partial charge is 0.137 e. The van der Waals surface area contributed by atoms with E-state index in [1.54, 1.807) is 11.8 Å². The van der Waals surface area contributed by atoms with Crippen molar-refractivity contribution in [1.82, 2.24) is 9.78 Å². The molecule has 0 bridgehead atoms. The molecule has 0 atom stereocenters. The number of nitrogens with two attached hydrogens (primary N) is 1. The van der Waals surface area contributed by atoms with Gasteiger partial charge in [-0.15, -0.1) is 0 Å². The summed E-state index contributed by atoms with van der Waals surface area (Å²) in [5.74, 6) is 0.645. The van der Waals surface area contributed by atoms with Crippen LogP contribution < -0.4 is 10.5 Å². The van der Waals surface area contributed by atoms with E-state index in [2.05, 4.69) is 21.0 Å². The van der Waals surface area contributed by atoms with Gasteiger partial charge in [0.05, 0.1) is 22.3 Å². The van der Waals surface area contributed by atoms with Crippen molar-refractivity contribution in [3.63, 3.8) is 0 Å². The van der Waals surface area contributed by atoms with E-state index in [0.29, 0.717) is 17.3 Å². The minimum absolute atomic E-state index is 0.425. The zero-order valence-corrected chi connectivity index (χ0v) is 12.4. The molecule has 2 rings (SSSR count). The lowest BCUT2D eigenvalue weighted by Crippen LogP contribution is -2.04. The van der Waals surface area contributed by atoms with Gasteiger partial charge in [0.15, 0.2) is 0 Å². The molecule has 0 saturated heterocycles. The van der Waals surface area contributed by atoms with Crippen molar-refractivity contribution in [3.8, 4) is 17.0 Å². The van der Waals surface area contributed by atoms with Gasteiger partial charge in [-0.2, -0.15) is 5.10 Å². The molecule has 0 aliphatic heterocycles. The van der Waals surface area contributed by atoms with Gasteiger partial charge in [-0.3, -0.25) is 4.68 Å². The van der Waals surface area contributed by atoms with Gasteiger partial charge in [0.25, 0.3) is 0 Å². The van der Waals surface area contributed by atoms with Gasteiger partial charge < -0.3 is 10.5 Å². The summed E-state index contributed by atoms with van der Waals surface area (Å²) >= 11 is 9.63. The Bertz CT molecular complexity index is 583. The van der Waals surface area contributed by atoms with Crippen LogP contribution >= 0.6 is 27.5 Å². The molecule has 4 nitrogen and oxygen atoms in total. The highest BCUT2D eigenvalue weighted by Gasteiger charge is 2.15. The second-order valence-electron chi connectivity index (χ2n) is 3.79. The fourth-order valence-corrected chi connectivity index (χ4v) is 2.74. The molecule has 96 valence electrons. The van der Waals surface area contributed by atoms with Crippen molar-refractivity contribution in [2.45, 2.75) is 6.54 Å². The van der Waals surface area contributed by atoms with Crippen LogP contribution in [0.3, 0.4) is 0 Å². The van der Waals surface area contributed by atoms with Crippen LogP contribution in [0.2, 0.25) is 5.02 Å². The van der Waals surface area contributed by atoms with E-state index in [9.17, 15) is 0 Å². The van der Waals surface area contributed by atoms with Crippen LogP contribution in [0.1, 0.15) is 5.69 Å². The van der Waals surface area contributed by atoms with E-state index in [-0.39, 0.29) is 0 Å². The van der Waals surface area contributed by atoms with E-state index in [1.165, 1.54) is 0 Å². The number of hydrogen-bond acceptors (Lipinski definition) is 3. The Morgan fingerprint density at radius 3 is 2.72 bits per heavy atom. The van der Waals surface area contributed by atoms with E-state index in [0.717, 1.165) is 21.4 Å². The van der Waals surface area contributed by atoms with Crippen molar-refractivity contribution in [2.75, 3.05) is 7.11 Å². The molecule has 0 spiro atoms. The summed E-state index contributed by atoms with van der Waals surface area (Å²) in [6, 6.07) is 5.56. The molecule has 0 aliphatic rings. The van der Waals surface area contributed by atoms with Crippen LogP contribution in [-0.4, -0.2) is 16.9 Å². The minimum Gasteiger partial charge on any atom is -0.495 e. The van der Waals surface area contributed by atoms with Gasteiger partial charge in [-0.1, -0.05) is 11.6 Å². The average Bonchev–Trinajstić information content (AvgIpc) is 2.64. The second kappa shape index (κ2) is 5.30. The van der Waals surface area contributed by atoms with Crippen molar-refractivity contribution in [2.24, 2.45) is 12.8 Å². The van der Waals surface area contributed by atoms with Crippen molar-refractivity contribution < 1.29 is 4.74 Å². The Labute approximate surface area is 119 Å². The summed E-state index contributed by atoms with van der Waals surface area (Å²) in [5, 5.41) is 5.00. The van der Waals surface area contributed by atoms with E-state index < -0.39 is 0 Å². The molecule has 0 radical (unpaired) electrons. The summed E-state index contributed by atoms with van der Waals surface area (Å²) in [6.45, 7) is 0.425. The third-order valence-corrected chi connectivity index (χ3v) is 3.85. The zero-order chi connectivity index (χ0) is 13.3. The van der Waals surface area contributed by atoms with Gasteiger partial charge >= 0.3 is 0 Å². The highest BCUT2D eigenvalue weighted by atomic mass is 79.9. The molecule has 6 heteroatoms. The number of nitrogens with zero attached hydrogens (tertiary/aromatic N) is 2. The standard InChI is InChI=1S/C12H13BrClN3O/c1-17-9(6-15)11(13)12(16-17)7-3-4-10(18-2)8(14)5-7/h3-5H,6,15H2,1-2H3. The molecule has 1 aromatic carbocycles. The van der Waals surface area contributed by atoms with Gasteiger partial charge in [0.2, 0.25) is 0 Å². The minimum atomic E-state index is 0.425. The number of aromatic nitrogens is 2.